The van der Waals surface area contributed by atoms with E-state index in [1.807, 2.05) is 0 Å². The lowest BCUT2D eigenvalue weighted by Crippen LogP contribution is -1.91. The molecule has 0 aliphatic carbocycles. The van der Waals surface area contributed by atoms with Gasteiger partial charge >= 0.3 is 0 Å². The zero-order valence-electron chi connectivity index (χ0n) is 10.1. The molecule has 0 aromatic heterocycles. The van der Waals surface area contributed by atoms with Gasteiger partial charge in [-0.15, -0.1) is 0 Å². The number of benzene rings is 2. The number of phenolic OH excluding ortho intramolecular Hbond substituents is 2. The molecule has 2 aromatic rings. The molecule has 0 unspecified atom stereocenters. The molecule has 0 saturated heterocycles. The Kier molecular flexibility index (Phi) is 3.76. The zero-order chi connectivity index (χ0) is 14.0. The molecule has 0 fully saturated rings. The number of ether oxygens (including phenoxy) is 1. The van der Waals surface area contributed by atoms with Gasteiger partial charge in [-0.2, -0.15) is 0 Å². The Hall–Kier alpha value is -2.01. The van der Waals surface area contributed by atoms with Gasteiger partial charge in [0.25, 0.3) is 0 Å². The fraction of sp³-hybridized carbons (Fsp3) is 0.0714. The van der Waals surface area contributed by atoms with Crippen LogP contribution in [0.2, 0.25) is 0 Å². The first-order valence-electron chi connectivity index (χ1n) is 5.43. The first-order valence-corrected chi connectivity index (χ1v) is 6.22. The normalized spacial score (nSPS) is 10.2. The molecule has 0 aliphatic rings. The number of aromatic hydroxyl groups is 2. The highest BCUT2D eigenvalue weighted by molar-refractivity contribution is 9.10. The molecule has 0 spiro atoms. The highest BCUT2D eigenvalue weighted by Gasteiger charge is 2.18. The van der Waals surface area contributed by atoms with Crippen LogP contribution in [0.1, 0.15) is 10.4 Å². The van der Waals surface area contributed by atoms with Gasteiger partial charge in [-0.1, -0.05) is 18.2 Å². The Labute approximate surface area is 118 Å². The van der Waals surface area contributed by atoms with Gasteiger partial charge in [0.15, 0.2) is 6.29 Å². The molecule has 0 radical (unpaired) electrons. The van der Waals surface area contributed by atoms with Crippen molar-refractivity contribution in [1.82, 2.24) is 0 Å². The van der Waals surface area contributed by atoms with Crippen LogP contribution in [0.3, 0.4) is 0 Å². The molecule has 19 heavy (non-hydrogen) atoms. The summed E-state index contributed by atoms with van der Waals surface area (Å²) in [5.74, 6) is 0.131. The fourth-order valence-corrected chi connectivity index (χ4v) is 2.25. The van der Waals surface area contributed by atoms with Gasteiger partial charge in [0.05, 0.1) is 12.7 Å². The highest BCUT2D eigenvalue weighted by Crippen LogP contribution is 2.44. The van der Waals surface area contributed by atoms with Crippen molar-refractivity contribution in [2.45, 2.75) is 0 Å². The van der Waals surface area contributed by atoms with E-state index in [1.165, 1.54) is 13.2 Å². The summed E-state index contributed by atoms with van der Waals surface area (Å²) in [6.45, 7) is 0. The lowest BCUT2D eigenvalue weighted by atomic mass is 10.0. The molecule has 0 aliphatic heterocycles. The Balaban J connectivity index is 2.75. The minimum atomic E-state index is -0.286. The van der Waals surface area contributed by atoms with Crippen molar-refractivity contribution in [2.24, 2.45) is 0 Å². The standard InChI is InChI=1S/C14H11BrO4/c1-19-11-5-3-2-4-9(11)10-6-8(7-16)13(17)12(15)14(10)18/h2-7,17-18H,1H3. The predicted molar refractivity (Wildman–Crippen MR) is 74.8 cm³/mol. The van der Waals surface area contributed by atoms with E-state index in [0.29, 0.717) is 23.2 Å². The largest absolute Gasteiger partial charge is 0.506 e. The third kappa shape index (κ3) is 2.29. The average molecular weight is 323 g/mol. The molecular weight excluding hydrogens is 312 g/mol. The number of carbonyl (C=O) groups excluding carboxylic acids is 1. The van der Waals surface area contributed by atoms with Crippen molar-refractivity contribution in [3.8, 4) is 28.4 Å². The topological polar surface area (TPSA) is 66.8 Å². The molecular formula is C14H11BrO4. The van der Waals surface area contributed by atoms with Gasteiger partial charge in [0, 0.05) is 11.1 Å². The molecule has 0 amide bonds. The SMILES string of the molecule is COc1ccccc1-c1cc(C=O)c(O)c(Br)c1O. The number of phenols is 2. The molecule has 2 N–H and O–H groups in total. The second kappa shape index (κ2) is 5.32. The maximum Gasteiger partial charge on any atom is 0.153 e. The molecule has 2 aromatic carbocycles. The lowest BCUT2D eigenvalue weighted by Gasteiger charge is -2.13. The van der Waals surface area contributed by atoms with Crippen molar-refractivity contribution < 1.29 is 19.7 Å². The number of aldehydes is 1. The molecule has 0 bridgehead atoms. The number of carbonyl (C=O) groups is 1. The Morgan fingerprint density at radius 3 is 2.47 bits per heavy atom. The molecule has 4 nitrogen and oxygen atoms in total. The smallest absolute Gasteiger partial charge is 0.153 e. The number of para-hydroxylation sites is 1. The van der Waals surface area contributed by atoms with Gasteiger partial charge in [0.2, 0.25) is 0 Å². The molecule has 0 atom stereocenters. The summed E-state index contributed by atoms with van der Waals surface area (Å²) in [7, 11) is 1.52. The van der Waals surface area contributed by atoms with Crippen molar-refractivity contribution in [3.05, 3.63) is 40.4 Å². The second-order valence-corrected chi connectivity index (χ2v) is 4.64. The number of rotatable bonds is 3. The summed E-state index contributed by atoms with van der Waals surface area (Å²) in [5.41, 5.74) is 1.13. The zero-order valence-corrected chi connectivity index (χ0v) is 11.6. The molecule has 2 rings (SSSR count). The summed E-state index contributed by atoms with van der Waals surface area (Å²) in [4.78, 5) is 10.9. The van der Waals surface area contributed by atoms with Gasteiger partial charge in [-0.25, -0.2) is 0 Å². The van der Waals surface area contributed by atoms with Crippen LogP contribution in [-0.4, -0.2) is 23.6 Å². The fourth-order valence-electron chi connectivity index (χ4n) is 1.81. The van der Waals surface area contributed by atoms with E-state index in [9.17, 15) is 15.0 Å². The summed E-state index contributed by atoms with van der Waals surface area (Å²) >= 11 is 3.07. The maximum atomic E-state index is 10.9. The van der Waals surface area contributed by atoms with Gasteiger partial charge in [-0.05, 0) is 28.1 Å². The van der Waals surface area contributed by atoms with E-state index < -0.39 is 0 Å². The summed E-state index contributed by atoms with van der Waals surface area (Å²) < 4.78 is 5.30. The maximum absolute atomic E-state index is 10.9. The number of methoxy groups -OCH3 is 1. The van der Waals surface area contributed by atoms with E-state index in [1.54, 1.807) is 24.3 Å². The van der Waals surface area contributed by atoms with E-state index in [2.05, 4.69) is 15.9 Å². The first-order chi connectivity index (χ1) is 9.10. The first kappa shape index (κ1) is 13.4. The van der Waals surface area contributed by atoms with Crippen LogP contribution in [0.5, 0.6) is 17.2 Å². The minimum Gasteiger partial charge on any atom is -0.506 e. The van der Waals surface area contributed by atoms with Crippen LogP contribution in [0, 0.1) is 0 Å². The van der Waals surface area contributed by atoms with Gasteiger partial charge in [0.1, 0.15) is 21.7 Å². The van der Waals surface area contributed by atoms with E-state index in [0.717, 1.165) is 0 Å². The van der Waals surface area contributed by atoms with Crippen LogP contribution in [-0.2, 0) is 0 Å². The monoisotopic (exact) mass is 322 g/mol. The third-order valence-electron chi connectivity index (χ3n) is 2.77. The van der Waals surface area contributed by atoms with Crippen molar-refractivity contribution >= 4 is 22.2 Å². The van der Waals surface area contributed by atoms with Gasteiger partial charge in [-0.3, -0.25) is 4.79 Å². The molecule has 0 saturated carbocycles. The quantitative estimate of drug-likeness (QED) is 0.850. The molecule has 5 heteroatoms. The third-order valence-corrected chi connectivity index (χ3v) is 3.52. The lowest BCUT2D eigenvalue weighted by molar-refractivity contribution is 0.112. The van der Waals surface area contributed by atoms with E-state index in [4.69, 9.17) is 4.74 Å². The second-order valence-electron chi connectivity index (χ2n) is 3.84. The number of hydrogen-bond acceptors (Lipinski definition) is 4. The summed E-state index contributed by atoms with van der Waals surface area (Å²) in [6.07, 6.45) is 0.526. The van der Waals surface area contributed by atoms with Crippen LogP contribution in [0.25, 0.3) is 11.1 Å². The Bertz CT molecular complexity index is 638. The van der Waals surface area contributed by atoms with Crippen LogP contribution in [0.15, 0.2) is 34.8 Å². The number of hydrogen-bond donors (Lipinski definition) is 2. The summed E-state index contributed by atoms with van der Waals surface area (Å²) in [6, 6.07) is 8.51. The highest BCUT2D eigenvalue weighted by atomic mass is 79.9. The van der Waals surface area contributed by atoms with Crippen LogP contribution >= 0.6 is 15.9 Å². The van der Waals surface area contributed by atoms with E-state index in [-0.39, 0.29) is 21.5 Å². The average Bonchev–Trinajstić information content (AvgIpc) is 2.45. The van der Waals surface area contributed by atoms with Crippen molar-refractivity contribution in [1.29, 1.82) is 0 Å². The van der Waals surface area contributed by atoms with Crippen molar-refractivity contribution in [2.75, 3.05) is 7.11 Å². The molecule has 98 valence electrons. The minimum absolute atomic E-state index is 0.0815. The Morgan fingerprint density at radius 1 is 1.16 bits per heavy atom. The molecule has 0 heterocycles. The number of halogens is 1. The predicted octanol–water partition coefficient (Wildman–Crippen LogP) is 3.35. The Morgan fingerprint density at radius 2 is 1.84 bits per heavy atom. The summed E-state index contributed by atoms with van der Waals surface area (Å²) in [5, 5.41) is 19.8. The van der Waals surface area contributed by atoms with Gasteiger partial charge < -0.3 is 14.9 Å². The van der Waals surface area contributed by atoms with E-state index >= 15 is 0 Å². The van der Waals surface area contributed by atoms with Crippen LogP contribution < -0.4 is 4.74 Å². The van der Waals surface area contributed by atoms with Crippen LogP contribution in [0.4, 0.5) is 0 Å². The van der Waals surface area contributed by atoms with Crippen molar-refractivity contribution in [3.63, 3.8) is 0 Å².